The Balaban J connectivity index is 1.56. The van der Waals surface area contributed by atoms with E-state index in [-0.39, 0.29) is 41.9 Å². The predicted octanol–water partition coefficient (Wildman–Crippen LogP) is -1.63. The maximum atomic E-state index is 12.4. The number of aromatic nitrogens is 4. The van der Waals surface area contributed by atoms with E-state index in [4.69, 9.17) is 19.9 Å². The van der Waals surface area contributed by atoms with Crippen LogP contribution in [0.3, 0.4) is 0 Å². The average Bonchev–Trinajstić information content (AvgIpc) is 3.48. The summed E-state index contributed by atoms with van der Waals surface area (Å²) in [7, 11) is 2.78. The van der Waals surface area contributed by atoms with E-state index < -0.39 is 36.5 Å². The van der Waals surface area contributed by atoms with Gasteiger partial charge in [0.2, 0.25) is 5.82 Å². The number of nitrogens with zero attached hydrogens (tertiary/aromatic N) is 5. The van der Waals surface area contributed by atoms with Gasteiger partial charge in [-0.3, -0.25) is 14.3 Å². The molecule has 0 aromatic carbocycles. The Labute approximate surface area is 200 Å². The van der Waals surface area contributed by atoms with Crippen LogP contribution in [-0.2, 0) is 19.0 Å². The molecule has 1 unspecified atom stereocenters. The number of ether oxygens (including phenoxy) is 3. The standard InChI is InChI=1S/C21H27N7O7/c1-33-9-8-27(21(32)34-2)7-3-4-12-25-17(22)13-18(26-12)28(10-23-13)20-15(30)14(29)16(35-20)19(31)24-11-5-6-11/h10-11,14-16,20,29-30H,5-9H2,1-2H3,(H,24,31)(H2,22,25,26)/t14?,15-,16-,20+/m0/s1. The number of hydrogen-bond acceptors (Lipinski definition) is 11. The zero-order chi connectivity index (χ0) is 25.1. The Hall–Kier alpha value is -3.51. The number of carbonyl (C=O) groups excluding carboxylic acids is 2. The van der Waals surface area contributed by atoms with Crippen molar-refractivity contribution < 1.29 is 34.0 Å². The molecule has 5 N–H and O–H groups in total. The van der Waals surface area contributed by atoms with Crippen LogP contribution in [0.4, 0.5) is 10.6 Å². The molecule has 35 heavy (non-hydrogen) atoms. The molecule has 0 bridgehead atoms. The summed E-state index contributed by atoms with van der Waals surface area (Å²) in [5.41, 5.74) is 6.46. The van der Waals surface area contributed by atoms with Gasteiger partial charge in [0, 0.05) is 19.7 Å². The van der Waals surface area contributed by atoms with Gasteiger partial charge in [0.05, 0.1) is 26.6 Å². The minimum atomic E-state index is -1.44. The minimum Gasteiger partial charge on any atom is -0.453 e. The Kier molecular flexibility index (Phi) is 7.31. The molecule has 1 saturated carbocycles. The van der Waals surface area contributed by atoms with Gasteiger partial charge in [0.1, 0.15) is 17.7 Å². The minimum absolute atomic E-state index is 0.0328. The Morgan fingerprint density at radius 2 is 2.09 bits per heavy atom. The third-order valence-electron chi connectivity index (χ3n) is 5.61. The molecule has 4 atom stereocenters. The number of nitrogens with two attached hydrogens (primary N) is 1. The highest BCUT2D eigenvalue weighted by Crippen LogP contribution is 2.33. The van der Waals surface area contributed by atoms with E-state index >= 15 is 0 Å². The zero-order valence-electron chi connectivity index (χ0n) is 19.2. The molecule has 188 valence electrons. The van der Waals surface area contributed by atoms with Crippen molar-refractivity contribution in [1.82, 2.24) is 29.7 Å². The van der Waals surface area contributed by atoms with Crippen molar-refractivity contribution in [3.05, 3.63) is 12.2 Å². The van der Waals surface area contributed by atoms with Crippen LogP contribution in [0, 0.1) is 11.8 Å². The molecular formula is C21H27N7O7. The van der Waals surface area contributed by atoms with Crippen LogP contribution in [0.1, 0.15) is 24.9 Å². The second-order valence-corrected chi connectivity index (χ2v) is 8.15. The van der Waals surface area contributed by atoms with Crippen LogP contribution >= 0.6 is 0 Å². The fourth-order valence-corrected chi connectivity index (χ4v) is 3.58. The van der Waals surface area contributed by atoms with Crippen molar-refractivity contribution in [2.75, 3.05) is 39.6 Å². The molecule has 0 radical (unpaired) electrons. The van der Waals surface area contributed by atoms with Gasteiger partial charge in [0.25, 0.3) is 5.91 Å². The first-order valence-electron chi connectivity index (χ1n) is 11.0. The highest BCUT2D eigenvalue weighted by molar-refractivity contribution is 5.83. The largest absolute Gasteiger partial charge is 0.453 e. The van der Waals surface area contributed by atoms with Gasteiger partial charge >= 0.3 is 6.09 Å². The lowest BCUT2D eigenvalue weighted by Crippen LogP contribution is -2.43. The highest BCUT2D eigenvalue weighted by atomic mass is 16.6. The number of methoxy groups -OCH3 is 2. The Morgan fingerprint density at radius 1 is 1.31 bits per heavy atom. The smallest absolute Gasteiger partial charge is 0.410 e. The molecule has 2 fully saturated rings. The average molecular weight is 489 g/mol. The zero-order valence-corrected chi connectivity index (χ0v) is 19.2. The number of carbonyl (C=O) groups is 2. The fourth-order valence-electron chi connectivity index (χ4n) is 3.58. The van der Waals surface area contributed by atoms with Crippen LogP contribution in [0.5, 0.6) is 0 Å². The fraction of sp³-hybridized carbons (Fsp3) is 0.571. The number of fused-ring (bicyclic) bond motifs is 1. The second kappa shape index (κ2) is 10.4. The lowest BCUT2D eigenvalue weighted by molar-refractivity contribution is -0.137. The maximum Gasteiger partial charge on any atom is 0.410 e. The topological polar surface area (TPSA) is 187 Å². The quantitative estimate of drug-likeness (QED) is 0.327. The molecule has 2 amide bonds. The van der Waals surface area contributed by atoms with E-state index in [1.165, 1.54) is 30.0 Å². The van der Waals surface area contributed by atoms with E-state index in [9.17, 15) is 19.8 Å². The summed E-state index contributed by atoms with van der Waals surface area (Å²) in [4.78, 5) is 38.3. The molecule has 0 spiro atoms. The van der Waals surface area contributed by atoms with Gasteiger partial charge in [0.15, 0.2) is 23.8 Å². The third kappa shape index (κ3) is 5.28. The molecule has 2 aliphatic rings. The number of anilines is 1. The Bertz CT molecular complexity index is 1160. The molecular weight excluding hydrogens is 462 g/mol. The summed E-state index contributed by atoms with van der Waals surface area (Å²) in [6, 6.07) is 0.0712. The van der Waals surface area contributed by atoms with Crippen LogP contribution in [-0.4, -0.2) is 105 Å². The molecule has 1 aliphatic carbocycles. The SMILES string of the molecule is COCCN(CC#Cc1nc(N)c2ncn([C@@H]3O[C@H](C(=O)NC4CC4)C(O)[C@@H]3O)c2n1)C(=O)OC. The van der Waals surface area contributed by atoms with Crippen LogP contribution in [0.25, 0.3) is 11.2 Å². The van der Waals surface area contributed by atoms with Crippen molar-refractivity contribution in [3.63, 3.8) is 0 Å². The summed E-state index contributed by atoms with van der Waals surface area (Å²) < 4.78 is 16.8. The van der Waals surface area contributed by atoms with Gasteiger partial charge in [-0.15, -0.1) is 0 Å². The second-order valence-electron chi connectivity index (χ2n) is 8.15. The molecule has 1 saturated heterocycles. The number of rotatable bonds is 7. The van der Waals surface area contributed by atoms with Gasteiger partial charge in [-0.1, -0.05) is 5.92 Å². The van der Waals surface area contributed by atoms with Gasteiger partial charge in [-0.05, 0) is 18.8 Å². The normalized spacial score (nSPS) is 23.5. The summed E-state index contributed by atoms with van der Waals surface area (Å²) in [5, 5.41) is 23.7. The Morgan fingerprint density at radius 3 is 2.77 bits per heavy atom. The van der Waals surface area contributed by atoms with E-state index in [0.29, 0.717) is 6.61 Å². The maximum absolute atomic E-state index is 12.4. The predicted molar refractivity (Wildman–Crippen MR) is 120 cm³/mol. The first-order valence-corrected chi connectivity index (χ1v) is 11.0. The number of aliphatic hydroxyl groups excluding tert-OH is 2. The molecule has 14 heteroatoms. The lowest BCUT2D eigenvalue weighted by atomic mass is 10.1. The van der Waals surface area contributed by atoms with Crippen molar-refractivity contribution >= 4 is 29.0 Å². The van der Waals surface area contributed by atoms with Crippen molar-refractivity contribution in [2.45, 2.75) is 43.4 Å². The first kappa shape index (κ1) is 24.6. The van der Waals surface area contributed by atoms with Gasteiger partial charge < -0.3 is 35.5 Å². The number of imidazole rings is 1. The molecule has 14 nitrogen and oxygen atoms in total. The first-order chi connectivity index (χ1) is 16.8. The highest BCUT2D eigenvalue weighted by Gasteiger charge is 2.48. The molecule has 2 aromatic rings. The van der Waals surface area contributed by atoms with Gasteiger partial charge in [-0.2, -0.15) is 0 Å². The van der Waals surface area contributed by atoms with E-state index in [0.717, 1.165) is 12.8 Å². The van der Waals surface area contributed by atoms with Crippen LogP contribution in [0.2, 0.25) is 0 Å². The molecule has 3 heterocycles. The summed E-state index contributed by atoms with van der Waals surface area (Å²) in [6.07, 6.45) is -2.72. The van der Waals surface area contributed by atoms with Crippen molar-refractivity contribution in [1.29, 1.82) is 0 Å². The van der Waals surface area contributed by atoms with Crippen LogP contribution in [0.15, 0.2) is 6.33 Å². The van der Waals surface area contributed by atoms with E-state index in [2.05, 4.69) is 32.1 Å². The van der Waals surface area contributed by atoms with Crippen molar-refractivity contribution in [3.8, 4) is 11.8 Å². The number of nitrogens with one attached hydrogen (secondary N) is 1. The third-order valence-corrected chi connectivity index (χ3v) is 5.61. The molecule has 4 rings (SSSR count). The summed E-state index contributed by atoms with van der Waals surface area (Å²) in [6.45, 7) is 0.618. The monoisotopic (exact) mass is 489 g/mol. The number of amides is 2. The number of hydrogen-bond donors (Lipinski definition) is 4. The van der Waals surface area contributed by atoms with Crippen molar-refractivity contribution in [2.24, 2.45) is 0 Å². The van der Waals surface area contributed by atoms with E-state index in [1.54, 1.807) is 0 Å². The molecule has 1 aliphatic heterocycles. The number of nitrogen functional groups attached to an aromatic ring is 1. The lowest BCUT2D eigenvalue weighted by Gasteiger charge is -2.17. The van der Waals surface area contributed by atoms with Gasteiger partial charge in [-0.25, -0.2) is 19.7 Å². The van der Waals surface area contributed by atoms with Crippen LogP contribution < -0.4 is 11.1 Å². The number of aliphatic hydroxyl groups is 2. The summed E-state index contributed by atoms with van der Waals surface area (Å²) in [5.74, 6) is 5.14. The van der Waals surface area contributed by atoms with E-state index in [1.807, 2.05) is 0 Å². The molecule has 2 aromatic heterocycles. The summed E-state index contributed by atoms with van der Waals surface area (Å²) >= 11 is 0.